The number of nitrogens with one attached hydrogen (secondary N) is 1. The van der Waals surface area contributed by atoms with E-state index in [0.29, 0.717) is 6.42 Å². The van der Waals surface area contributed by atoms with Crippen LogP contribution in [0.1, 0.15) is 32.1 Å². The summed E-state index contributed by atoms with van der Waals surface area (Å²) < 4.78 is 0. The largest absolute Gasteiger partial charge is 0.355 e. The van der Waals surface area contributed by atoms with E-state index in [1.54, 1.807) is 6.08 Å². The number of rotatable bonds is 7. The molecule has 14 heavy (non-hydrogen) atoms. The minimum atomic E-state index is -0.423. The lowest BCUT2D eigenvalue weighted by Crippen LogP contribution is -2.40. The Kier molecular flexibility index (Phi) is 4.66. The molecule has 3 nitrogen and oxygen atoms in total. The van der Waals surface area contributed by atoms with Crippen LogP contribution in [0.15, 0.2) is 12.7 Å². The normalized spacial score (nSPS) is 17.5. The van der Waals surface area contributed by atoms with Crippen LogP contribution < -0.4 is 11.1 Å². The molecule has 1 atom stereocenters. The molecule has 0 heterocycles. The quantitative estimate of drug-likeness (QED) is 0.475. The molecule has 1 aliphatic rings. The van der Waals surface area contributed by atoms with Crippen LogP contribution in [0.2, 0.25) is 0 Å². The average molecular weight is 196 g/mol. The summed E-state index contributed by atoms with van der Waals surface area (Å²) in [5, 5.41) is 2.84. The van der Waals surface area contributed by atoms with E-state index in [1.807, 2.05) is 0 Å². The van der Waals surface area contributed by atoms with Crippen molar-refractivity contribution in [3.63, 3.8) is 0 Å². The van der Waals surface area contributed by atoms with Crippen molar-refractivity contribution in [3.05, 3.63) is 12.7 Å². The fourth-order valence-corrected chi connectivity index (χ4v) is 1.43. The maximum absolute atomic E-state index is 11.3. The second-order valence-electron chi connectivity index (χ2n) is 4.01. The van der Waals surface area contributed by atoms with E-state index in [0.717, 1.165) is 18.9 Å². The van der Waals surface area contributed by atoms with Gasteiger partial charge in [-0.1, -0.05) is 18.9 Å². The van der Waals surface area contributed by atoms with Gasteiger partial charge < -0.3 is 11.1 Å². The fraction of sp³-hybridized carbons (Fsp3) is 0.727. The Labute approximate surface area is 85.7 Å². The third-order valence-corrected chi connectivity index (χ3v) is 2.54. The fourth-order valence-electron chi connectivity index (χ4n) is 1.43. The summed E-state index contributed by atoms with van der Waals surface area (Å²) >= 11 is 0. The molecular weight excluding hydrogens is 176 g/mol. The van der Waals surface area contributed by atoms with Crippen molar-refractivity contribution in [2.75, 3.05) is 6.54 Å². The van der Waals surface area contributed by atoms with Crippen molar-refractivity contribution < 1.29 is 4.79 Å². The summed E-state index contributed by atoms with van der Waals surface area (Å²) in [6, 6.07) is -0.423. The molecule has 1 aliphatic carbocycles. The first-order chi connectivity index (χ1) is 6.74. The molecule has 0 aromatic heterocycles. The zero-order valence-corrected chi connectivity index (χ0v) is 8.67. The third kappa shape index (κ3) is 4.42. The Hall–Kier alpha value is -0.830. The number of carbonyl (C=O) groups is 1. The summed E-state index contributed by atoms with van der Waals surface area (Å²) in [6.07, 6.45) is 7.31. The number of amides is 1. The average Bonchev–Trinajstić information content (AvgIpc) is 2.96. The highest BCUT2D eigenvalue weighted by molar-refractivity contribution is 5.81. The minimum Gasteiger partial charge on any atom is -0.355 e. The molecule has 0 radical (unpaired) electrons. The van der Waals surface area contributed by atoms with Crippen molar-refractivity contribution >= 4 is 5.91 Å². The minimum absolute atomic E-state index is 0.0549. The molecule has 1 amide bonds. The highest BCUT2D eigenvalue weighted by Gasteiger charge is 2.20. The van der Waals surface area contributed by atoms with Gasteiger partial charge >= 0.3 is 0 Å². The van der Waals surface area contributed by atoms with Crippen molar-refractivity contribution in [1.29, 1.82) is 0 Å². The van der Waals surface area contributed by atoms with Crippen LogP contribution in [0.5, 0.6) is 0 Å². The second-order valence-corrected chi connectivity index (χ2v) is 4.01. The Bertz CT molecular complexity index is 199. The molecule has 0 saturated heterocycles. The molecule has 1 unspecified atom stereocenters. The standard InChI is InChI=1S/C11H20N2O/c1-2-4-10(12)11(14)13-8-3-5-9-6-7-9/h2,9-10H,1,3-8,12H2,(H,13,14). The van der Waals surface area contributed by atoms with Gasteiger partial charge in [-0.3, -0.25) is 4.79 Å². The smallest absolute Gasteiger partial charge is 0.237 e. The Morgan fingerprint density at radius 1 is 1.64 bits per heavy atom. The SMILES string of the molecule is C=CCC(N)C(=O)NCCCC1CC1. The van der Waals surface area contributed by atoms with E-state index >= 15 is 0 Å². The molecule has 80 valence electrons. The Morgan fingerprint density at radius 3 is 2.93 bits per heavy atom. The van der Waals surface area contributed by atoms with Crippen molar-refractivity contribution in [2.45, 2.75) is 38.1 Å². The lowest BCUT2D eigenvalue weighted by Gasteiger charge is -2.09. The van der Waals surface area contributed by atoms with Crippen LogP contribution in [-0.2, 0) is 4.79 Å². The molecule has 1 fully saturated rings. The molecule has 0 spiro atoms. The van der Waals surface area contributed by atoms with Gasteiger partial charge in [0.15, 0.2) is 0 Å². The van der Waals surface area contributed by atoms with E-state index in [1.165, 1.54) is 19.3 Å². The van der Waals surface area contributed by atoms with E-state index in [9.17, 15) is 4.79 Å². The van der Waals surface area contributed by atoms with Crippen molar-refractivity contribution in [3.8, 4) is 0 Å². The molecule has 1 saturated carbocycles. The lowest BCUT2D eigenvalue weighted by atomic mass is 10.2. The van der Waals surface area contributed by atoms with Crippen LogP contribution in [0.4, 0.5) is 0 Å². The molecule has 0 aromatic rings. The number of carbonyl (C=O) groups excluding carboxylic acids is 1. The van der Waals surface area contributed by atoms with Gasteiger partial charge in [-0.05, 0) is 25.2 Å². The zero-order chi connectivity index (χ0) is 10.4. The molecule has 3 heteroatoms. The number of hydrogen-bond donors (Lipinski definition) is 2. The first-order valence-electron chi connectivity index (χ1n) is 5.38. The molecule has 1 rings (SSSR count). The van der Waals surface area contributed by atoms with Crippen LogP contribution in [-0.4, -0.2) is 18.5 Å². The Balaban J connectivity index is 1.98. The lowest BCUT2D eigenvalue weighted by molar-refractivity contribution is -0.122. The van der Waals surface area contributed by atoms with Gasteiger partial charge in [-0.2, -0.15) is 0 Å². The van der Waals surface area contributed by atoms with E-state index in [4.69, 9.17) is 5.73 Å². The first-order valence-corrected chi connectivity index (χ1v) is 5.38. The summed E-state index contributed by atoms with van der Waals surface area (Å²) in [5.74, 6) is 0.884. The third-order valence-electron chi connectivity index (χ3n) is 2.54. The maximum atomic E-state index is 11.3. The summed E-state index contributed by atoms with van der Waals surface area (Å²) in [6.45, 7) is 4.32. The molecule has 3 N–H and O–H groups in total. The van der Waals surface area contributed by atoms with Gasteiger partial charge in [0.2, 0.25) is 5.91 Å². The van der Waals surface area contributed by atoms with Gasteiger partial charge in [0.25, 0.3) is 0 Å². The van der Waals surface area contributed by atoms with Crippen molar-refractivity contribution in [1.82, 2.24) is 5.32 Å². The monoisotopic (exact) mass is 196 g/mol. The molecular formula is C11H20N2O. The van der Waals surface area contributed by atoms with Crippen LogP contribution >= 0.6 is 0 Å². The van der Waals surface area contributed by atoms with Crippen LogP contribution in [0, 0.1) is 5.92 Å². The van der Waals surface area contributed by atoms with Gasteiger partial charge in [-0.25, -0.2) is 0 Å². The molecule has 0 bridgehead atoms. The number of nitrogens with two attached hydrogens (primary N) is 1. The Morgan fingerprint density at radius 2 is 2.36 bits per heavy atom. The van der Waals surface area contributed by atoms with Gasteiger partial charge in [0, 0.05) is 6.54 Å². The predicted octanol–water partition coefficient (Wildman–Crippen LogP) is 1.20. The van der Waals surface area contributed by atoms with Crippen LogP contribution in [0.25, 0.3) is 0 Å². The molecule has 0 aliphatic heterocycles. The first kappa shape index (κ1) is 11.2. The molecule has 0 aromatic carbocycles. The van der Waals surface area contributed by atoms with Gasteiger partial charge in [0.1, 0.15) is 0 Å². The van der Waals surface area contributed by atoms with Gasteiger partial charge in [0.05, 0.1) is 6.04 Å². The van der Waals surface area contributed by atoms with Gasteiger partial charge in [-0.15, -0.1) is 6.58 Å². The summed E-state index contributed by atoms with van der Waals surface area (Å²) in [5.41, 5.74) is 5.60. The van der Waals surface area contributed by atoms with E-state index in [2.05, 4.69) is 11.9 Å². The van der Waals surface area contributed by atoms with E-state index < -0.39 is 6.04 Å². The van der Waals surface area contributed by atoms with Crippen LogP contribution in [0.3, 0.4) is 0 Å². The summed E-state index contributed by atoms with van der Waals surface area (Å²) in [4.78, 5) is 11.3. The predicted molar refractivity (Wildman–Crippen MR) is 57.8 cm³/mol. The van der Waals surface area contributed by atoms with Crippen molar-refractivity contribution in [2.24, 2.45) is 11.7 Å². The van der Waals surface area contributed by atoms with E-state index in [-0.39, 0.29) is 5.91 Å². The maximum Gasteiger partial charge on any atom is 0.237 e. The topological polar surface area (TPSA) is 55.1 Å². The highest BCUT2D eigenvalue weighted by atomic mass is 16.2. The highest BCUT2D eigenvalue weighted by Crippen LogP contribution is 2.33. The zero-order valence-electron chi connectivity index (χ0n) is 8.67. The second kappa shape index (κ2) is 5.81. The number of hydrogen-bond acceptors (Lipinski definition) is 2. The summed E-state index contributed by atoms with van der Waals surface area (Å²) in [7, 11) is 0.